The second kappa shape index (κ2) is 4.86. The molecular formula is C14H19N3O2S. The fourth-order valence-electron chi connectivity index (χ4n) is 2.77. The van der Waals surface area contributed by atoms with Crippen LogP contribution in [0, 0.1) is 0 Å². The molecule has 1 aromatic rings. The highest BCUT2D eigenvalue weighted by Crippen LogP contribution is 2.27. The van der Waals surface area contributed by atoms with Crippen LogP contribution < -0.4 is 0 Å². The maximum Gasteiger partial charge on any atom is 0.285 e. The van der Waals surface area contributed by atoms with Gasteiger partial charge in [0.2, 0.25) is 0 Å². The molecule has 1 aromatic carbocycles. The van der Waals surface area contributed by atoms with Crippen LogP contribution in [0.1, 0.15) is 19.4 Å². The number of nitrogens with zero attached hydrogens (tertiary/aromatic N) is 3. The molecule has 0 saturated carbocycles. The van der Waals surface area contributed by atoms with Gasteiger partial charge in [0, 0.05) is 37.8 Å². The maximum atomic E-state index is 12.1. The first-order valence-electron chi connectivity index (χ1n) is 6.92. The standard InChI is InChI=1S/C14H19N3O2S/c1-11(2)16-7-9-17(10-8-16)14-12-5-3-4-6-13(12)20(18,19)15-14/h3-6,11H,7-10H2,1-2H3. The Kier molecular flexibility index (Phi) is 3.30. The van der Waals surface area contributed by atoms with Gasteiger partial charge in [-0.2, -0.15) is 8.42 Å². The summed E-state index contributed by atoms with van der Waals surface area (Å²) in [5, 5.41) is 0. The molecule has 0 N–H and O–H groups in total. The van der Waals surface area contributed by atoms with Gasteiger partial charge >= 0.3 is 0 Å². The van der Waals surface area contributed by atoms with Crippen molar-refractivity contribution in [1.29, 1.82) is 0 Å². The first kappa shape index (κ1) is 13.6. The number of rotatable bonds is 1. The number of amidine groups is 1. The van der Waals surface area contributed by atoms with E-state index in [1.165, 1.54) is 0 Å². The van der Waals surface area contributed by atoms with Gasteiger partial charge in [-0.25, -0.2) is 0 Å². The second-order valence-electron chi connectivity index (χ2n) is 5.50. The molecule has 108 valence electrons. The van der Waals surface area contributed by atoms with E-state index < -0.39 is 10.0 Å². The molecule has 0 amide bonds. The lowest BCUT2D eigenvalue weighted by Gasteiger charge is -2.37. The van der Waals surface area contributed by atoms with Crippen LogP contribution in [0.25, 0.3) is 0 Å². The average molecular weight is 293 g/mol. The zero-order valence-corrected chi connectivity index (χ0v) is 12.6. The Morgan fingerprint density at radius 1 is 1.10 bits per heavy atom. The average Bonchev–Trinajstić information content (AvgIpc) is 2.72. The Bertz CT molecular complexity index is 644. The molecule has 0 radical (unpaired) electrons. The molecule has 6 heteroatoms. The summed E-state index contributed by atoms with van der Waals surface area (Å²) in [4.78, 5) is 4.82. The van der Waals surface area contributed by atoms with Crippen molar-refractivity contribution in [3.05, 3.63) is 29.8 Å². The highest BCUT2D eigenvalue weighted by molar-refractivity contribution is 7.90. The highest BCUT2D eigenvalue weighted by Gasteiger charge is 2.32. The molecule has 0 aromatic heterocycles. The minimum atomic E-state index is -3.50. The Hall–Kier alpha value is -1.40. The van der Waals surface area contributed by atoms with Crippen LogP contribution in [0.2, 0.25) is 0 Å². The fourth-order valence-corrected chi connectivity index (χ4v) is 3.99. The topological polar surface area (TPSA) is 53.0 Å². The van der Waals surface area contributed by atoms with Gasteiger partial charge in [0.15, 0.2) is 5.84 Å². The summed E-state index contributed by atoms with van der Waals surface area (Å²) in [5.74, 6) is 0.615. The van der Waals surface area contributed by atoms with E-state index >= 15 is 0 Å². The van der Waals surface area contributed by atoms with E-state index in [-0.39, 0.29) is 0 Å². The number of hydrogen-bond donors (Lipinski definition) is 0. The summed E-state index contributed by atoms with van der Waals surface area (Å²) in [6.45, 7) is 7.89. The van der Waals surface area contributed by atoms with Crippen molar-refractivity contribution in [2.45, 2.75) is 24.8 Å². The summed E-state index contributed by atoms with van der Waals surface area (Å²) in [5.41, 5.74) is 0.741. The van der Waals surface area contributed by atoms with Crippen molar-refractivity contribution in [3.63, 3.8) is 0 Å². The van der Waals surface area contributed by atoms with Crippen LogP contribution in [0.4, 0.5) is 0 Å². The Balaban J connectivity index is 1.87. The van der Waals surface area contributed by atoms with Crippen molar-refractivity contribution in [3.8, 4) is 0 Å². The minimum Gasteiger partial charge on any atom is -0.353 e. The zero-order valence-electron chi connectivity index (χ0n) is 11.8. The van der Waals surface area contributed by atoms with E-state index in [1.54, 1.807) is 12.1 Å². The smallest absolute Gasteiger partial charge is 0.285 e. The van der Waals surface area contributed by atoms with Gasteiger partial charge in [-0.15, -0.1) is 4.40 Å². The summed E-state index contributed by atoms with van der Waals surface area (Å²) < 4.78 is 28.1. The number of sulfonamides is 1. The lowest BCUT2D eigenvalue weighted by molar-refractivity contribution is 0.149. The first-order chi connectivity index (χ1) is 9.49. The molecule has 3 rings (SSSR count). The Morgan fingerprint density at radius 3 is 2.40 bits per heavy atom. The fraction of sp³-hybridized carbons (Fsp3) is 0.500. The van der Waals surface area contributed by atoms with Gasteiger partial charge in [0.05, 0.1) is 0 Å². The number of benzene rings is 1. The van der Waals surface area contributed by atoms with Gasteiger partial charge in [-0.3, -0.25) is 4.90 Å². The lowest BCUT2D eigenvalue weighted by atomic mass is 10.1. The molecule has 2 aliphatic rings. The van der Waals surface area contributed by atoms with E-state index in [0.717, 1.165) is 31.7 Å². The zero-order chi connectivity index (χ0) is 14.3. The molecule has 5 nitrogen and oxygen atoms in total. The summed E-state index contributed by atoms with van der Waals surface area (Å²) >= 11 is 0. The first-order valence-corrected chi connectivity index (χ1v) is 8.36. The predicted octanol–water partition coefficient (Wildman–Crippen LogP) is 1.16. The van der Waals surface area contributed by atoms with Crippen molar-refractivity contribution < 1.29 is 8.42 Å². The van der Waals surface area contributed by atoms with Gasteiger partial charge in [-0.1, -0.05) is 12.1 Å². The molecular weight excluding hydrogens is 274 g/mol. The van der Waals surface area contributed by atoms with E-state index in [9.17, 15) is 8.42 Å². The van der Waals surface area contributed by atoms with Crippen LogP contribution in [0.3, 0.4) is 0 Å². The third kappa shape index (κ3) is 2.23. The van der Waals surface area contributed by atoms with Crippen LogP contribution >= 0.6 is 0 Å². The maximum absolute atomic E-state index is 12.1. The summed E-state index contributed by atoms with van der Waals surface area (Å²) in [7, 11) is -3.50. The van der Waals surface area contributed by atoms with Crippen LogP contribution in [-0.2, 0) is 10.0 Å². The van der Waals surface area contributed by atoms with E-state index in [2.05, 4.69) is 28.0 Å². The van der Waals surface area contributed by atoms with Crippen LogP contribution in [0.15, 0.2) is 33.6 Å². The molecule has 0 spiro atoms. The van der Waals surface area contributed by atoms with Gasteiger partial charge in [-0.05, 0) is 26.0 Å². The lowest BCUT2D eigenvalue weighted by Crippen LogP contribution is -2.50. The normalized spacial score (nSPS) is 21.9. The minimum absolute atomic E-state index is 0.335. The predicted molar refractivity (Wildman–Crippen MR) is 78.4 cm³/mol. The third-order valence-electron chi connectivity index (χ3n) is 3.96. The Labute approximate surface area is 120 Å². The number of fused-ring (bicyclic) bond motifs is 1. The van der Waals surface area contributed by atoms with Gasteiger partial charge in [0.1, 0.15) is 4.90 Å². The van der Waals surface area contributed by atoms with E-state index in [0.29, 0.717) is 16.8 Å². The molecule has 0 bridgehead atoms. The van der Waals surface area contributed by atoms with E-state index in [4.69, 9.17) is 0 Å². The quantitative estimate of drug-likeness (QED) is 0.780. The molecule has 0 aliphatic carbocycles. The molecule has 0 unspecified atom stereocenters. The number of piperazine rings is 1. The molecule has 2 aliphatic heterocycles. The molecule has 0 atom stereocenters. The second-order valence-corrected chi connectivity index (χ2v) is 7.08. The van der Waals surface area contributed by atoms with Gasteiger partial charge in [0.25, 0.3) is 10.0 Å². The summed E-state index contributed by atoms with van der Waals surface area (Å²) in [6.07, 6.45) is 0. The van der Waals surface area contributed by atoms with Crippen LogP contribution in [0.5, 0.6) is 0 Å². The number of hydrogen-bond acceptors (Lipinski definition) is 4. The third-order valence-corrected chi connectivity index (χ3v) is 5.28. The van der Waals surface area contributed by atoms with Crippen molar-refractivity contribution in [1.82, 2.24) is 9.80 Å². The Morgan fingerprint density at radius 2 is 1.75 bits per heavy atom. The van der Waals surface area contributed by atoms with Crippen LogP contribution in [-0.4, -0.2) is 56.3 Å². The molecule has 2 heterocycles. The molecule has 1 fully saturated rings. The SMILES string of the molecule is CC(C)N1CCN(C2=NS(=O)(=O)c3ccccc32)CC1. The summed E-state index contributed by atoms with van der Waals surface area (Å²) in [6, 6.07) is 7.60. The van der Waals surface area contributed by atoms with Crippen molar-refractivity contribution in [2.24, 2.45) is 4.40 Å². The van der Waals surface area contributed by atoms with Crippen molar-refractivity contribution >= 4 is 15.9 Å². The highest BCUT2D eigenvalue weighted by atomic mass is 32.2. The van der Waals surface area contributed by atoms with Gasteiger partial charge < -0.3 is 4.90 Å². The molecule has 20 heavy (non-hydrogen) atoms. The van der Waals surface area contributed by atoms with Crippen molar-refractivity contribution in [2.75, 3.05) is 26.2 Å². The monoisotopic (exact) mass is 293 g/mol. The largest absolute Gasteiger partial charge is 0.353 e. The van der Waals surface area contributed by atoms with E-state index in [1.807, 2.05) is 12.1 Å². The molecule has 1 saturated heterocycles.